The summed E-state index contributed by atoms with van der Waals surface area (Å²) in [6, 6.07) is 0.300. The van der Waals surface area contributed by atoms with Crippen molar-refractivity contribution in [3.63, 3.8) is 0 Å². The fourth-order valence-corrected chi connectivity index (χ4v) is 5.49. The number of rotatable bonds is 6. The van der Waals surface area contributed by atoms with E-state index in [0.29, 0.717) is 6.04 Å². The summed E-state index contributed by atoms with van der Waals surface area (Å²) >= 11 is 0. The fourth-order valence-electron chi connectivity index (χ4n) is 2.29. The van der Waals surface area contributed by atoms with E-state index in [-0.39, 0.29) is 16.8 Å². The smallest absolute Gasteiger partial charge is 0.148 e. The summed E-state index contributed by atoms with van der Waals surface area (Å²) in [4.78, 5) is 0. The van der Waals surface area contributed by atoms with Crippen LogP contribution in [-0.4, -0.2) is 48.2 Å². The normalized spacial score (nSPS) is 27.9. The van der Waals surface area contributed by atoms with E-state index < -0.39 is 20.6 Å². The highest BCUT2D eigenvalue weighted by Crippen LogP contribution is 2.23. The summed E-state index contributed by atoms with van der Waals surface area (Å²) < 4.78 is 34.3. The van der Waals surface area contributed by atoms with Crippen molar-refractivity contribution in [2.45, 2.75) is 43.9 Å². The third kappa shape index (κ3) is 5.48. The Bertz CT molecular complexity index is 352. The highest BCUT2D eigenvalue weighted by Gasteiger charge is 2.29. The molecule has 1 aliphatic rings. The third-order valence-corrected chi connectivity index (χ3v) is 6.21. The summed E-state index contributed by atoms with van der Waals surface area (Å²) in [6.07, 6.45) is 5.50. The van der Waals surface area contributed by atoms with Crippen LogP contribution in [0.15, 0.2) is 0 Å². The Morgan fingerprint density at radius 1 is 1.29 bits per heavy atom. The molecule has 102 valence electrons. The van der Waals surface area contributed by atoms with Crippen molar-refractivity contribution < 1.29 is 12.6 Å². The number of hydrogen-bond donors (Lipinski definition) is 1. The van der Waals surface area contributed by atoms with Gasteiger partial charge in [0.15, 0.2) is 0 Å². The molecule has 0 aromatic carbocycles. The zero-order chi connectivity index (χ0) is 12.9. The Kier molecular flexibility index (Phi) is 6.09. The van der Waals surface area contributed by atoms with Crippen LogP contribution in [0.1, 0.15) is 32.6 Å². The lowest BCUT2D eigenvalue weighted by Gasteiger charge is -2.31. The Hall–Kier alpha value is 0.0600. The molecule has 0 aliphatic heterocycles. The second-order valence-electron chi connectivity index (χ2n) is 4.70. The molecule has 0 aromatic heterocycles. The van der Waals surface area contributed by atoms with Crippen molar-refractivity contribution in [3.8, 4) is 0 Å². The van der Waals surface area contributed by atoms with Gasteiger partial charge >= 0.3 is 0 Å². The fraction of sp³-hybridized carbons (Fsp3) is 1.00. The van der Waals surface area contributed by atoms with Crippen LogP contribution < -0.4 is 5.32 Å². The number of sulfone groups is 1. The Morgan fingerprint density at radius 3 is 2.53 bits per heavy atom. The van der Waals surface area contributed by atoms with Gasteiger partial charge in [-0.25, -0.2) is 8.42 Å². The Morgan fingerprint density at radius 2 is 1.94 bits per heavy atom. The standard InChI is InChI=1S/C11H23NO3S2/c1-3-12-10-6-4-5-7-11(10)16(13)8-9-17(2,14)15/h10-12H,3-9H2,1-2H3. The SMILES string of the molecule is CCNC1CCCCC1S(=O)CCS(C)(=O)=O. The highest BCUT2D eigenvalue weighted by atomic mass is 32.2. The van der Waals surface area contributed by atoms with Crippen molar-refractivity contribution in [1.29, 1.82) is 0 Å². The van der Waals surface area contributed by atoms with Gasteiger partial charge in [-0.05, 0) is 19.4 Å². The molecule has 6 heteroatoms. The van der Waals surface area contributed by atoms with E-state index in [2.05, 4.69) is 5.32 Å². The molecule has 0 amide bonds. The molecule has 1 N–H and O–H groups in total. The van der Waals surface area contributed by atoms with Gasteiger partial charge in [0.2, 0.25) is 0 Å². The number of nitrogens with one attached hydrogen (secondary N) is 1. The first-order chi connectivity index (χ1) is 7.94. The number of hydrogen-bond acceptors (Lipinski definition) is 4. The predicted molar refractivity (Wildman–Crippen MR) is 72.4 cm³/mol. The summed E-state index contributed by atoms with van der Waals surface area (Å²) in [5.74, 6) is 0.320. The maximum absolute atomic E-state index is 12.1. The lowest BCUT2D eigenvalue weighted by atomic mass is 9.95. The minimum Gasteiger partial charge on any atom is -0.313 e. The van der Waals surface area contributed by atoms with E-state index in [1.807, 2.05) is 6.92 Å². The first kappa shape index (κ1) is 15.1. The van der Waals surface area contributed by atoms with E-state index in [9.17, 15) is 12.6 Å². The molecule has 1 saturated carbocycles. The quantitative estimate of drug-likeness (QED) is 0.778. The van der Waals surface area contributed by atoms with Crippen LogP contribution in [0.4, 0.5) is 0 Å². The van der Waals surface area contributed by atoms with Gasteiger partial charge in [-0.15, -0.1) is 0 Å². The van der Waals surface area contributed by atoms with Gasteiger partial charge < -0.3 is 5.32 Å². The zero-order valence-corrected chi connectivity index (χ0v) is 12.3. The van der Waals surface area contributed by atoms with Crippen LogP contribution in [0, 0.1) is 0 Å². The zero-order valence-electron chi connectivity index (χ0n) is 10.6. The summed E-state index contributed by atoms with van der Waals surface area (Å²) in [5, 5.41) is 3.50. The summed E-state index contributed by atoms with van der Waals surface area (Å²) in [5.41, 5.74) is 0. The summed E-state index contributed by atoms with van der Waals surface area (Å²) in [7, 11) is -4.03. The first-order valence-corrected chi connectivity index (χ1v) is 9.66. The van der Waals surface area contributed by atoms with Crippen LogP contribution in [-0.2, 0) is 20.6 Å². The van der Waals surface area contributed by atoms with Crippen LogP contribution in [0.5, 0.6) is 0 Å². The van der Waals surface area contributed by atoms with E-state index in [1.165, 1.54) is 12.7 Å². The van der Waals surface area contributed by atoms with Crippen molar-refractivity contribution in [3.05, 3.63) is 0 Å². The lowest BCUT2D eigenvalue weighted by molar-refractivity contribution is 0.385. The monoisotopic (exact) mass is 281 g/mol. The molecule has 0 radical (unpaired) electrons. The second kappa shape index (κ2) is 6.85. The van der Waals surface area contributed by atoms with E-state index in [1.54, 1.807) is 0 Å². The van der Waals surface area contributed by atoms with Crippen LogP contribution in [0.2, 0.25) is 0 Å². The van der Waals surface area contributed by atoms with Crippen molar-refractivity contribution in [1.82, 2.24) is 5.32 Å². The average Bonchev–Trinajstić information content (AvgIpc) is 2.26. The van der Waals surface area contributed by atoms with Gasteiger partial charge in [0.25, 0.3) is 0 Å². The molecule has 0 heterocycles. The minimum atomic E-state index is -3.00. The Balaban J connectivity index is 2.53. The van der Waals surface area contributed by atoms with Gasteiger partial charge in [-0.1, -0.05) is 19.8 Å². The molecule has 1 rings (SSSR count). The third-order valence-electron chi connectivity index (χ3n) is 3.16. The molecule has 1 fully saturated rings. The highest BCUT2D eigenvalue weighted by molar-refractivity contribution is 7.92. The molecule has 3 atom stereocenters. The molecule has 3 unspecified atom stereocenters. The molecular formula is C11H23NO3S2. The average molecular weight is 281 g/mol. The molecular weight excluding hydrogens is 258 g/mol. The van der Waals surface area contributed by atoms with Gasteiger partial charge in [0.1, 0.15) is 9.84 Å². The molecule has 17 heavy (non-hydrogen) atoms. The van der Waals surface area contributed by atoms with Crippen LogP contribution in [0.25, 0.3) is 0 Å². The minimum absolute atomic E-state index is 0.0367. The Labute approximate surface area is 107 Å². The largest absolute Gasteiger partial charge is 0.313 e. The molecule has 4 nitrogen and oxygen atoms in total. The van der Waals surface area contributed by atoms with Crippen LogP contribution >= 0.6 is 0 Å². The molecule has 1 aliphatic carbocycles. The van der Waals surface area contributed by atoms with Crippen LogP contribution in [0.3, 0.4) is 0 Å². The molecule has 0 saturated heterocycles. The van der Waals surface area contributed by atoms with Crippen molar-refractivity contribution in [2.24, 2.45) is 0 Å². The summed E-state index contributed by atoms with van der Waals surface area (Å²) in [6.45, 7) is 2.93. The van der Waals surface area contributed by atoms with Crippen molar-refractivity contribution in [2.75, 3.05) is 24.3 Å². The van der Waals surface area contributed by atoms with Gasteiger partial charge in [0, 0.05) is 28.9 Å². The molecule has 0 aromatic rings. The van der Waals surface area contributed by atoms with E-state index >= 15 is 0 Å². The maximum Gasteiger partial charge on any atom is 0.148 e. The van der Waals surface area contributed by atoms with Gasteiger partial charge in [-0.2, -0.15) is 0 Å². The van der Waals surface area contributed by atoms with Gasteiger partial charge in [0.05, 0.1) is 11.0 Å². The molecule has 0 bridgehead atoms. The van der Waals surface area contributed by atoms with E-state index in [4.69, 9.17) is 0 Å². The predicted octanol–water partition coefficient (Wildman–Crippen LogP) is 0.700. The second-order valence-corrected chi connectivity index (χ2v) is 8.74. The lowest BCUT2D eigenvalue weighted by Crippen LogP contribution is -2.45. The van der Waals surface area contributed by atoms with Crippen molar-refractivity contribution >= 4 is 20.6 Å². The first-order valence-electron chi connectivity index (χ1n) is 6.22. The molecule has 0 spiro atoms. The van der Waals surface area contributed by atoms with Gasteiger partial charge in [-0.3, -0.25) is 4.21 Å². The topological polar surface area (TPSA) is 63.2 Å². The van der Waals surface area contributed by atoms with E-state index in [0.717, 1.165) is 25.8 Å². The maximum atomic E-state index is 12.1.